The van der Waals surface area contributed by atoms with Gasteiger partial charge in [-0.2, -0.15) is 8.78 Å². The lowest BCUT2D eigenvalue weighted by atomic mass is 9.90. The second-order valence-electron chi connectivity index (χ2n) is 4.35. The number of nitro groups is 1. The van der Waals surface area contributed by atoms with E-state index < -0.39 is 33.8 Å². The minimum atomic E-state index is -4.20. The van der Waals surface area contributed by atoms with Gasteiger partial charge in [0, 0.05) is 11.6 Å². The van der Waals surface area contributed by atoms with Gasteiger partial charge in [0.1, 0.15) is 0 Å². The van der Waals surface area contributed by atoms with E-state index >= 15 is 0 Å². The number of nitrogens with zero attached hydrogens (tertiary/aromatic N) is 1. The monoisotopic (exact) mass is 284 g/mol. The third-order valence-corrected chi connectivity index (χ3v) is 3.03. The number of amides is 1. The first-order valence-electron chi connectivity index (χ1n) is 5.85. The molecule has 20 heavy (non-hydrogen) atoms. The first-order chi connectivity index (χ1) is 9.30. The van der Waals surface area contributed by atoms with E-state index in [0.29, 0.717) is 6.42 Å². The highest BCUT2D eigenvalue weighted by molar-refractivity contribution is 6.26. The summed E-state index contributed by atoms with van der Waals surface area (Å²) >= 11 is 0. The topological polar surface area (TPSA) is 89.3 Å². The maximum atomic E-state index is 13.5. The Morgan fingerprint density at radius 2 is 2.00 bits per heavy atom. The van der Waals surface area contributed by atoms with Crippen LogP contribution in [0.3, 0.4) is 0 Å². The highest BCUT2D eigenvalue weighted by Gasteiger charge is 2.53. The van der Waals surface area contributed by atoms with Crippen molar-refractivity contribution in [3.63, 3.8) is 0 Å². The number of Topliss-reactive ketones (excluding diaryl/α,β-unsaturated/α-hetero) is 1. The molecule has 0 fully saturated rings. The molecule has 0 aliphatic carbocycles. The smallest absolute Gasteiger partial charge is 0.320 e. The van der Waals surface area contributed by atoms with E-state index in [4.69, 9.17) is 0 Å². The number of ketones is 1. The first-order valence-corrected chi connectivity index (χ1v) is 5.85. The molecule has 0 saturated heterocycles. The molecule has 0 radical (unpaired) electrons. The van der Waals surface area contributed by atoms with E-state index in [1.54, 1.807) is 6.92 Å². The SMILES string of the molecule is CCCc1c([N+](=O)[O-])ccc2c1C(=O)C(F)(F)C(=O)N2. The number of carbonyl (C=O) groups is 2. The summed E-state index contributed by atoms with van der Waals surface area (Å²) in [6.45, 7) is 1.70. The van der Waals surface area contributed by atoms with Crippen LogP contribution in [0.5, 0.6) is 0 Å². The van der Waals surface area contributed by atoms with E-state index in [1.807, 2.05) is 5.32 Å². The number of rotatable bonds is 3. The number of anilines is 1. The Kier molecular flexibility index (Phi) is 3.24. The first kappa shape index (κ1) is 14.0. The number of nitro benzene ring substituents is 1. The highest BCUT2D eigenvalue weighted by atomic mass is 19.3. The van der Waals surface area contributed by atoms with Crippen LogP contribution in [0.2, 0.25) is 0 Å². The molecular weight excluding hydrogens is 274 g/mol. The van der Waals surface area contributed by atoms with Gasteiger partial charge in [0.25, 0.3) is 5.69 Å². The summed E-state index contributed by atoms with van der Waals surface area (Å²) in [6, 6.07) is 2.19. The van der Waals surface area contributed by atoms with Gasteiger partial charge in [0.15, 0.2) is 0 Å². The van der Waals surface area contributed by atoms with Crippen molar-refractivity contribution in [1.29, 1.82) is 0 Å². The number of fused-ring (bicyclic) bond motifs is 1. The minimum absolute atomic E-state index is 0.0697. The van der Waals surface area contributed by atoms with Gasteiger partial charge in [-0.15, -0.1) is 0 Å². The molecule has 0 unspecified atom stereocenters. The van der Waals surface area contributed by atoms with E-state index in [-0.39, 0.29) is 17.7 Å². The quantitative estimate of drug-likeness (QED) is 0.524. The van der Waals surface area contributed by atoms with E-state index in [9.17, 15) is 28.5 Å². The lowest BCUT2D eigenvalue weighted by molar-refractivity contribution is -0.385. The summed E-state index contributed by atoms with van der Waals surface area (Å²) in [5.74, 6) is -7.61. The van der Waals surface area contributed by atoms with Gasteiger partial charge in [-0.05, 0) is 12.5 Å². The molecule has 8 heteroatoms. The summed E-state index contributed by atoms with van der Waals surface area (Å²) in [4.78, 5) is 33.2. The Hall–Kier alpha value is -2.38. The highest BCUT2D eigenvalue weighted by Crippen LogP contribution is 2.38. The molecule has 0 aromatic heterocycles. The molecule has 1 aromatic carbocycles. The fourth-order valence-corrected chi connectivity index (χ4v) is 2.14. The van der Waals surface area contributed by atoms with E-state index in [1.165, 1.54) is 0 Å². The average molecular weight is 284 g/mol. The minimum Gasteiger partial charge on any atom is -0.320 e. The van der Waals surface area contributed by atoms with Gasteiger partial charge >= 0.3 is 11.8 Å². The molecule has 106 valence electrons. The lowest BCUT2D eigenvalue weighted by Crippen LogP contribution is -2.46. The maximum absolute atomic E-state index is 13.5. The molecule has 0 bridgehead atoms. The van der Waals surface area contributed by atoms with Crippen molar-refractivity contribution in [3.8, 4) is 0 Å². The van der Waals surface area contributed by atoms with E-state index in [0.717, 1.165) is 12.1 Å². The van der Waals surface area contributed by atoms with Crippen molar-refractivity contribution < 1.29 is 23.3 Å². The van der Waals surface area contributed by atoms with Crippen LogP contribution in [-0.4, -0.2) is 22.5 Å². The van der Waals surface area contributed by atoms with Gasteiger partial charge in [-0.3, -0.25) is 19.7 Å². The molecule has 0 spiro atoms. The fourth-order valence-electron chi connectivity index (χ4n) is 2.14. The van der Waals surface area contributed by atoms with Gasteiger partial charge in [-0.25, -0.2) is 0 Å². The van der Waals surface area contributed by atoms with Crippen LogP contribution in [0.4, 0.5) is 20.2 Å². The molecule has 6 nitrogen and oxygen atoms in total. The molecule has 2 rings (SSSR count). The third-order valence-electron chi connectivity index (χ3n) is 3.03. The molecule has 1 N–H and O–H groups in total. The summed E-state index contributed by atoms with van der Waals surface area (Å²) in [6.07, 6.45) is 0.529. The summed E-state index contributed by atoms with van der Waals surface area (Å²) in [7, 11) is 0. The van der Waals surface area contributed by atoms with Crippen LogP contribution in [0, 0.1) is 10.1 Å². The van der Waals surface area contributed by atoms with Crippen molar-refractivity contribution in [2.75, 3.05) is 5.32 Å². The van der Waals surface area contributed by atoms with E-state index in [2.05, 4.69) is 0 Å². The Morgan fingerprint density at radius 1 is 1.35 bits per heavy atom. The zero-order valence-corrected chi connectivity index (χ0v) is 10.4. The molecule has 1 heterocycles. The largest absolute Gasteiger partial charge is 0.386 e. The number of halogens is 2. The van der Waals surface area contributed by atoms with Crippen LogP contribution in [0.25, 0.3) is 0 Å². The average Bonchev–Trinajstić information content (AvgIpc) is 2.36. The number of hydrogen-bond donors (Lipinski definition) is 1. The Balaban J connectivity index is 2.73. The molecule has 0 saturated carbocycles. The number of benzene rings is 1. The van der Waals surface area contributed by atoms with Gasteiger partial charge in [0.05, 0.1) is 16.2 Å². The molecular formula is C12H10F2N2O4. The van der Waals surface area contributed by atoms with Crippen LogP contribution in [0.1, 0.15) is 29.3 Å². The van der Waals surface area contributed by atoms with Gasteiger partial charge in [0.2, 0.25) is 5.78 Å². The number of hydrogen-bond acceptors (Lipinski definition) is 4. The lowest BCUT2D eigenvalue weighted by Gasteiger charge is -2.24. The zero-order chi connectivity index (χ0) is 15.1. The number of nitrogens with one attached hydrogen (secondary N) is 1. The summed E-state index contributed by atoms with van der Waals surface area (Å²) in [5, 5.41) is 12.8. The standard InChI is InChI=1S/C12H10F2N2O4/c1-2-3-6-8(16(19)20)5-4-7-9(6)10(17)12(13,14)11(18)15-7/h4-5H,2-3H2,1H3,(H,15,18). The van der Waals surface area contributed by atoms with Crippen molar-refractivity contribution in [2.45, 2.75) is 25.7 Å². The molecule has 1 aliphatic heterocycles. The molecule has 1 amide bonds. The predicted molar refractivity (Wildman–Crippen MR) is 65.0 cm³/mol. The van der Waals surface area contributed by atoms with Crippen LogP contribution >= 0.6 is 0 Å². The number of alkyl halides is 2. The maximum Gasteiger partial charge on any atom is 0.386 e. The second-order valence-corrected chi connectivity index (χ2v) is 4.35. The van der Waals surface area contributed by atoms with Crippen molar-refractivity contribution in [3.05, 3.63) is 33.4 Å². The summed E-state index contributed by atoms with van der Waals surface area (Å²) in [5.41, 5.74) is -1.05. The van der Waals surface area contributed by atoms with Crippen LogP contribution in [-0.2, 0) is 11.2 Å². The Bertz CT molecular complexity index is 628. The van der Waals surface area contributed by atoms with Crippen LogP contribution in [0.15, 0.2) is 12.1 Å². The third kappa shape index (κ3) is 1.93. The fraction of sp³-hybridized carbons (Fsp3) is 0.333. The molecule has 0 atom stereocenters. The Morgan fingerprint density at radius 3 is 2.55 bits per heavy atom. The van der Waals surface area contributed by atoms with Gasteiger partial charge < -0.3 is 5.32 Å². The van der Waals surface area contributed by atoms with Crippen LogP contribution < -0.4 is 5.32 Å². The second kappa shape index (κ2) is 4.62. The molecule has 1 aliphatic rings. The van der Waals surface area contributed by atoms with Gasteiger partial charge in [-0.1, -0.05) is 13.3 Å². The number of carbonyl (C=O) groups excluding carboxylic acids is 2. The Labute approximate surface area is 111 Å². The van der Waals surface area contributed by atoms with Crippen molar-refractivity contribution in [2.24, 2.45) is 0 Å². The van der Waals surface area contributed by atoms with Crippen molar-refractivity contribution in [1.82, 2.24) is 0 Å². The summed E-state index contributed by atoms with van der Waals surface area (Å²) < 4.78 is 27.0. The molecule has 1 aromatic rings. The predicted octanol–water partition coefficient (Wildman–Crippen LogP) is 2.32. The zero-order valence-electron chi connectivity index (χ0n) is 10.4. The normalized spacial score (nSPS) is 16.6. The van der Waals surface area contributed by atoms with Crippen molar-refractivity contribution >= 4 is 23.1 Å².